The second-order valence-corrected chi connectivity index (χ2v) is 6.15. The Bertz CT molecular complexity index is 672. The fourth-order valence-corrected chi connectivity index (χ4v) is 3.14. The summed E-state index contributed by atoms with van der Waals surface area (Å²) in [5.41, 5.74) is 8.30. The third-order valence-corrected chi connectivity index (χ3v) is 4.55. The second-order valence-electron chi connectivity index (χ2n) is 4.89. The Labute approximate surface area is 138 Å². The molecule has 3 N–H and O–H groups in total. The molecule has 1 atom stereocenters. The molecule has 0 amide bonds. The van der Waals surface area contributed by atoms with Crippen LogP contribution in [0.3, 0.4) is 0 Å². The third-order valence-electron chi connectivity index (χ3n) is 3.57. The lowest BCUT2D eigenvalue weighted by Crippen LogP contribution is -2.22. The molecule has 110 valence electrons. The molecule has 0 aromatic heterocycles. The Balaban J connectivity index is 2.34. The van der Waals surface area contributed by atoms with Crippen LogP contribution in [-0.2, 0) is 0 Å². The summed E-state index contributed by atoms with van der Waals surface area (Å²) in [7, 11) is 2.02. The molecule has 0 saturated carbocycles. The van der Waals surface area contributed by atoms with Crippen LogP contribution in [0.5, 0.6) is 0 Å². The van der Waals surface area contributed by atoms with Crippen LogP contribution >= 0.6 is 27.5 Å². The van der Waals surface area contributed by atoms with Gasteiger partial charge in [-0.2, -0.15) is 0 Å². The normalized spacial score (nSPS) is 12.0. The first-order valence-electron chi connectivity index (χ1n) is 6.53. The summed E-state index contributed by atoms with van der Waals surface area (Å²) in [6.07, 6.45) is 0. The van der Waals surface area contributed by atoms with E-state index in [1.807, 2.05) is 49.5 Å². The standard InChI is InChI=1S/C16H17BrClN3/c1-10(12-5-3-4-6-14(12)18)21(2)15-8-7-11(16(19)20)9-13(15)17/h3-10H,1-2H3,(H3,19,20). The van der Waals surface area contributed by atoms with Gasteiger partial charge in [0.1, 0.15) is 5.84 Å². The fourth-order valence-electron chi connectivity index (χ4n) is 2.19. The second kappa shape index (κ2) is 6.50. The molecule has 0 aliphatic carbocycles. The number of nitrogen functional groups attached to an aromatic ring is 1. The minimum atomic E-state index is 0.0593. The van der Waals surface area contributed by atoms with Crippen molar-refractivity contribution >= 4 is 39.1 Å². The van der Waals surface area contributed by atoms with Crippen molar-refractivity contribution in [2.75, 3.05) is 11.9 Å². The van der Waals surface area contributed by atoms with E-state index in [-0.39, 0.29) is 11.9 Å². The molecule has 0 bridgehead atoms. The van der Waals surface area contributed by atoms with Gasteiger partial charge in [-0.1, -0.05) is 29.8 Å². The first kappa shape index (κ1) is 15.9. The zero-order chi connectivity index (χ0) is 15.6. The number of hydrogen-bond acceptors (Lipinski definition) is 2. The monoisotopic (exact) mass is 365 g/mol. The summed E-state index contributed by atoms with van der Waals surface area (Å²) in [6, 6.07) is 13.6. The molecule has 0 aliphatic rings. The van der Waals surface area contributed by atoms with Crippen molar-refractivity contribution in [3.05, 3.63) is 63.1 Å². The van der Waals surface area contributed by atoms with Crippen LogP contribution in [0.1, 0.15) is 24.1 Å². The summed E-state index contributed by atoms with van der Waals surface area (Å²) in [4.78, 5) is 2.13. The lowest BCUT2D eigenvalue weighted by Gasteiger charge is -2.29. The van der Waals surface area contributed by atoms with E-state index in [4.69, 9.17) is 22.7 Å². The summed E-state index contributed by atoms with van der Waals surface area (Å²) in [5, 5.41) is 8.24. The van der Waals surface area contributed by atoms with Gasteiger partial charge in [0.25, 0.3) is 0 Å². The number of rotatable bonds is 4. The first-order valence-corrected chi connectivity index (χ1v) is 7.70. The van der Waals surface area contributed by atoms with Crippen LogP contribution in [0.15, 0.2) is 46.9 Å². The Morgan fingerprint density at radius 3 is 2.52 bits per heavy atom. The number of nitrogens with zero attached hydrogens (tertiary/aromatic N) is 1. The fraction of sp³-hybridized carbons (Fsp3) is 0.188. The van der Waals surface area contributed by atoms with Crippen LogP contribution in [0.4, 0.5) is 5.69 Å². The molecule has 0 aliphatic heterocycles. The van der Waals surface area contributed by atoms with Gasteiger partial charge in [0, 0.05) is 22.1 Å². The predicted molar refractivity (Wildman–Crippen MR) is 93.4 cm³/mol. The smallest absolute Gasteiger partial charge is 0.122 e. The van der Waals surface area contributed by atoms with Gasteiger partial charge in [-0.15, -0.1) is 0 Å². The van der Waals surface area contributed by atoms with E-state index in [9.17, 15) is 0 Å². The van der Waals surface area contributed by atoms with E-state index in [1.54, 1.807) is 0 Å². The zero-order valence-corrected chi connectivity index (χ0v) is 14.2. The molecule has 0 saturated heterocycles. The van der Waals surface area contributed by atoms with E-state index in [2.05, 4.69) is 27.8 Å². The molecule has 0 heterocycles. The van der Waals surface area contributed by atoms with Crippen molar-refractivity contribution in [1.82, 2.24) is 0 Å². The average Bonchev–Trinajstić information content (AvgIpc) is 2.46. The summed E-state index contributed by atoms with van der Waals surface area (Å²) in [6.45, 7) is 2.10. The van der Waals surface area contributed by atoms with E-state index in [0.29, 0.717) is 5.56 Å². The molecule has 21 heavy (non-hydrogen) atoms. The molecule has 3 nitrogen and oxygen atoms in total. The molecule has 2 aromatic carbocycles. The predicted octanol–water partition coefficient (Wildman–Crippen LogP) is 4.58. The van der Waals surface area contributed by atoms with Crippen molar-refractivity contribution in [1.29, 1.82) is 5.41 Å². The Morgan fingerprint density at radius 1 is 1.29 bits per heavy atom. The molecular formula is C16H17BrClN3. The highest BCUT2D eigenvalue weighted by Gasteiger charge is 2.17. The maximum Gasteiger partial charge on any atom is 0.122 e. The minimum Gasteiger partial charge on any atom is -0.384 e. The SMILES string of the molecule is CC(c1ccccc1Cl)N(C)c1ccc(C(=N)N)cc1Br. The van der Waals surface area contributed by atoms with Gasteiger partial charge in [-0.05, 0) is 52.7 Å². The van der Waals surface area contributed by atoms with Gasteiger partial charge in [-0.3, -0.25) is 5.41 Å². The van der Waals surface area contributed by atoms with Gasteiger partial charge in [0.05, 0.1) is 11.7 Å². The molecule has 5 heteroatoms. The van der Waals surface area contributed by atoms with Crippen LogP contribution in [-0.4, -0.2) is 12.9 Å². The Morgan fingerprint density at radius 2 is 1.95 bits per heavy atom. The van der Waals surface area contributed by atoms with E-state index in [1.165, 1.54) is 0 Å². The molecule has 1 unspecified atom stereocenters. The van der Waals surface area contributed by atoms with Gasteiger partial charge in [0.15, 0.2) is 0 Å². The van der Waals surface area contributed by atoms with Gasteiger partial charge in [-0.25, -0.2) is 0 Å². The van der Waals surface area contributed by atoms with E-state index < -0.39 is 0 Å². The van der Waals surface area contributed by atoms with Gasteiger partial charge < -0.3 is 10.6 Å². The van der Waals surface area contributed by atoms with Gasteiger partial charge >= 0.3 is 0 Å². The number of halogens is 2. The van der Waals surface area contributed by atoms with Crippen molar-refractivity contribution in [3.63, 3.8) is 0 Å². The zero-order valence-electron chi connectivity index (χ0n) is 11.9. The maximum atomic E-state index is 7.48. The minimum absolute atomic E-state index is 0.0593. The van der Waals surface area contributed by atoms with Gasteiger partial charge in [0.2, 0.25) is 0 Å². The number of nitrogens with one attached hydrogen (secondary N) is 1. The molecule has 0 radical (unpaired) electrons. The average molecular weight is 367 g/mol. The Kier molecular flexibility index (Phi) is 4.91. The van der Waals surface area contributed by atoms with E-state index >= 15 is 0 Å². The summed E-state index contributed by atoms with van der Waals surface area (Å²) in [5.74, 6) is 0.0593. The van der Waals surface area contributed by atoms with E-state index in [0.717, 1.165) is 20.7 Å². The first-order chi connectivity index (χ1) is 9.91. The maximum absolute atomic E-state index is 7.48. The lowest BCUT2D eigenvalue weighted by atomic mass is 10.1. The highest BCUT2D eigenvalue weighted by molar-refractivity contribution is 9.10. The summed E-state index contributed by atoms with van der Waals surface area (Å²) < 4.78 is 0.900. The molecular weight excluding hydrogens is 350 g/mol. The third kappa shape index (κ3) is 3.39. The highest BCUT2D eigenvalue weighted by Crippen LogP contribution is 2.34. The van der Waals surface area contributed by atoms with Crippen LogP contribution in [0, 0.1) is 5.41 Å². The molecule has 0 fully saturated rings. The number of amidine groups is 1. The lowest BCUT2D eigenvalue weighted by molar-refractivity contribution is 0.738. The number of benzene rings is 2. The molecule has 0 spiro atoms. The largest absolute Gasteiger partial charge is 0.384 e. The van der Waals surface area contributed by atoms with Crippen LogP contribution in [0.25, 0.3) is 0 Å². The van der Waals surface area contributed by atoms with Crippen molar-refractivity contribution in [2.24, 2.45) is 5.73 Å². The number of hydrogen-bond donors (Lipinski definition) is 2. The van der Waals surface area contributed by atoms with Crippen molar-refractivity contribution < 1.29 is 0 Å². The Hall–Kier alpha value is -1.52. The number of anilines is 1. The molecule has 2 aromatic rings. The molecule has 2 rings (SSSR count). The topological polar surface area (TPSA) is 53.1 Å². The number of nitrogens with two attached hydrogens (primary N) is 1. The van der Waals surface area contributed by atoms with Crippen molar-refractivity contribution in [2.45, 2.75) is 13.0 Å². The van der Waals surface area contributed by atoms with Crippen LogP contribution in [0.2, 0.25) is 5.02 Å². The van der Waals surface area contributed by atoms with Crippen molar-refractivity contribution in [3.8, 4) is 0 Å². The summed E-state index contributed by atoms with van der Waals surface area (Å²) >= 11 is 9.82. The van der Waals surface area contributed by atoms with Crippen LogP contribution < -0.4 is 10.6 Å². The highest BCUT2D eigenvalue weighted by atomic mass is 79.9. The quantitative estimate of drug-likeness (QED) is 0.614.